The Labute approximate surface area is 100 Å². The molecule has 0 radical (unpaired) electrons. The Balaban J connectivity index is 1.87. The molecule has 94 valence electrons. The fraction of sp³-hybridized carbons (Fsp3) is 0.727. The zero-order valence-corrected chi connectivity index (χ0v) is 10.0. The van der Waals surface area contributed by atoms with E-state index in [1.807, 2.05) is 0 Å². The van der Waals surface area contributed by atoms with E-state index in [9.17, 15) is 4.79 Å². The molecule has 0 aromatic carbocycles. The van der Waals surface area contributed by atoms with E-state index < -0.39 is 5.97 Å². The van der Waals surface area contributed by atoms with E-state index in [0.717, 1.165) is 32.6 Å². The molecule has 0 saturated carbocycles. The number of carboxylic acid groups (broad SMARTS) is 1. The van der Waals surface area contributed by atoms with Crippen LogP contribution in [0.1, 0.15) is 30.3 Å². The first-order chi connectivity index (χ1) is 8.19. The van der Waals surface area contributed by atoms with E-state index >= 15 is 0 Å². The molecule has 0 spiro atoms. The molecule has 1 aromatic heterocycles. The third kappa shape index (κ3) is 3.03. The summed E-state index contributed by atoms with van der Waals surface area (Å²) >= 11 is 0. The second kappa shape index (κ2) is 5.27. The average molecular weight is 238 g/mol. The highest BCUT2D eigenvalue weighted by Gasteiger charge is 2.22. The van der Waals surface area contributed by atoms with Crippen molar-refractivity contribution in [3.8, 4) is 0 Å². The summed E-state index contributed by atoms with van der Waals surface area (Å²) in [6, 6.07) is 0. The second-order valence-corrected chi connectivity index (χ2v) is 4.59. The molecule has 0 bridgehead atoms. The number of aromatic carboxylic acids is 1. The van der Waals surface area contributed by atoms with Crippen LogP contribution >= 0.6 is 0 Å². The van der Waals surface area contributed by atoms with Crippen LogP contribution in [0.15, 0.2) is 6.20 Å². The molecule has 1 aromatic rings. The summed E-state index contributed by atoms with van der Waals surface area (Å²) in [5.74, 6) is -0.458. The van der Waals surface area contributed by atoms with Crippen LogP contribution in [-0.2, 0) is 6.54 Å². The Morgan fingerprint density at radius 2 is 2.47 bits per heavy atom. The first-order valence-corrected chi connectivity index (χ1v) is 6.04. The van der Waals surface area contributed by atoms with Crippen LogP contribution in [0, 0.1) is 5.92 Å². The number of rotatable bonds is 5. The molecule has 1 unspecified atom stereocenters. The number of nitrogens with zero attached hydrogens (tertiary/aromatic N) is 4. The van der Waals surface area contributed by atoms with Crippen LogP contribution in [0.5, 0.6) is 0 Å². The number of likely N-dealkylation sites (tertiary alicyclic amines) is 1. The predicted octanol–water partition coefficient (Wildman–Crippen LogP) is 0.708. The predicted molar refractivity (Wildman–Crippen MR) is 61.8 cm³/mol. The van der Waals surface area contributed by atoms with Crippen molar-refractivity contribution >= 4 is 5.97 Å². The molecule has 1 atom stereocenters. The van der Waals surface area contributed by atoms with Crippen molar-refractivity contribution in [1.82, 2.24) is 19.9 Å². The van der Waals surface area contributed by atoms with Gasteiger partial charge in [-0.15, -0.1) is 5.10 Å². The van der Waals surface area contributed by atoms with Gasteiger partial charge in [0.15, 0.2) is 5.69 Å². The van der Waals surface area contributed by atoms with Gasteiger partial charge in [0.1, 0.15) is 0 Å². The average Bonchev–Trinajstić information content (AvgIpc) is 2.89. The monoisotopic (exact) mass is 238 g/mol. The van der Waals surface area contributed by atoms with Crippen LogP contribution < -0.4 is 0 Å². The van der Waals surface area contributed by atoms with Crippen molar-refractivity contribution in [2.24, 2.45) is 5.92 Å². The van der Waals surface area contributed by atoms with Crippen molar-refractivity contribution in [3.63, 3.8) is 0 Å². The van der Waals surface area contributed by atoms with Crippen molar-refractivity contribution in [3.05, 3.63) is 11.9 Å². The van der Waals surface area contributed by atoms with Gasteiger partial charge in [-0.25, -0.2) is 4.79 Å². The molecule has 17 heavy (non-hydrogen) atoms. The second-order valence-electron chi connectivity index (χ2n) is 4.59. The molecule has 1 aliphatic heterocycles. The van der Waals surface area contributed by atoms with Gasteiger partial charge in [0.25, 0.3) is 0 Å². The maximum absolute atomic E-state index is 10.7. The van der Waals surface area contributed by atoms with Gasteiger partial charge in [-0.05, 0) is 31.8 Å². The minimum atomic E-state index is -1.02. The van der Waals surface area contributed by atoms with E-state index in [1.54, 1.807) is 4.68 Å². The molecule has 6 heteroatoms. The number of hydrogen-bond acceptors (Lipinski definition) is 4. The fourth-order valence-electron chi connectivity index (χ4n) is 2.33. The summed E-state index contributed by atoms with van der Waals surface area (Å²) in [4.78, 5) is 13.1. The maximum Gasteiger partial charge on any atom is 0.358 e. The summed E-state index contributed by atoms with van der Waals surface area (Å²) in [6.45, 7) is 6.31. The summed E-state index contributed by atoms with van der Waals surface area (Å²) < 4.78 is 1.64. The van der Waals surface area contributed by atoms with Gasteiger partial charge in [0, 0.05) is 13.1 Å². The number of aromatic nitrogens is 3. The van der Waals surface area contributed by atoms with E-state index in [-0.39, 0.29) is 5.69 Å². The highest BCUT2D eigenvalue weighted by atomic mass is 16.4. The number of hydrogen-bond donors (Lipinski definition) is 1. The Hall–Kier alpha value is -1.43. The lowest BCUT2D eigenvalue weighted by molar-refractivity contribution is 0.0690. The zero-order chi connectivity index (χ0) is 12.3. The molecule has 1 aliphatic rings. The van der Waals surface area contributed by atoms with Crippen LogP contribution in [0.2, 0.25) is 0 Å². The van der Waals surface area contributed by atoms with E-state index in [2.05, 4.69) is 22.1 Å². The summed E-state index contributed by atoms with van der Waals surface area (Å²) in [6.07, 6.45) is 3.84. The number of carbonyl (C=O) groups is 1. The summed E-state index contributed by atoms with van der Waals surface area (Å²) in [5.41, 5.74) is 0.0217. The lowest BCUT2D eigenvalue weighted by Crippen LogP contribution is -2.22. The highest BCUT2D eigenvalue weighted by Crippen LogP contribution is 2.17. The smallest absolute Gasteiger partial charge is 0.358 e. The lowest BCUT2D eigenvalue weighted by atomic mass is 10.1. The molecule has 0 aliphatic carbocycles. The van der Waals surface area contributed by atoms with Crippen LogP contribution in [0.25, 0.3) is 0 Å². The van der Waals surface area contributed by atoms with Gasteiger partial charge in [-0.3, -0.25) is 4.68 Å². The minimum Gasteiger partial charge on any atom is -0.476 e. The number of carboxylic acids is 1. The molecule has 2 heterocycles. The fourth-order valence-corrected chi connectivity index (χ4v) is 2.33. The van der Waals surface area contributed by atoms with Crippen molar-refractivity contribution in [2.75, 3.05) is 19.6 Å². The van der Waals surface area contributed by atoms with Gasteiger partial charge in [0.2, 0.25) is 0 Å². The molecule has 0 amide bonds. The molecule has 2 rings (SSSR count). The van der Waals surface area contributed by atoms with Gasteiger partial charge >= 0.3 is 5.97 Å². The largest absolute Gasteiger partial charge is 0.476 e. The Morgan fingerprint density at radius 3 is 3.12 bits per heavy atom. The molecular formula is C11H18N4O2. The Morgan fingerprint density at radius 1 is 1.65 bits per heavy atom. The summed E-state index contributed by atoms with van der Waals surface area (Å²) in [5, 5.41) is 16.2. The minimum absolute atomic E-state index is 0.0217. The van der Waals surface area contributed by atoms with E-state index in [0.29, 0.717) is 5.92 Å². The van der Waals surface area contributed by atoms with Gasteiger partial charge < -0.3 is 10.0 Å². The Kier molecular flexibility index (Phi) is 3.73. The quantitative estimate of drug-likeness (QED) is 0.818. The maximum atomic E-state index is 10.7. The molecular weight excluding hydrogens is 220 g/mol. The first-order valence-electron chi connectivity index (χ1n) is 6.04. The van der Waals surface area contributed by atoms with E-state index in [4.69, 9.17) is 5.11 Å². The molecule has 1 fully saturated rings. The Bertz CT molecular complexity index is 391. The highest BCUT2D eigenvalue weighted by molar-refractivity contribution is 5.84. The van der Waals surface area contributed by atoms with Gasteiger partial charge in [-0.1, -0.05) is 12.1 Å². The van der Waals surface area contributed by atoms with E-state index in [1.165, 1.54) is 12.6 Å². The molecule has 1 saturated heterocycles. The third-order valence-corrected chi connectivity index (χ3v) is 3.11. The van der Waals surface area contributed by atoms with Crippen molar-refractivity contribution in [2.45, 2.75) is 26.3 Å². The molecule has 1 N–H and O–H groups in total. The van der Waals surface area contributed by atoms with Crippen LogP contribution in [-0.4, -0.2) is 50.6 Å². The van der Waals surface area contributed by atoms with Gasteiger partial charge in [-0.2, -0.15) is 0 Å². The van der Waals surface area contributed by atoms with Crippen LogP contribution in [0.4, 0.5) is 0 Å². The normalized spacial score (nSPS) is 20.9. The van der Waals surface area contributed by atoms with Gasteiger partial charge in [0.05, 0.1) is 6.20 Å². The van der Waals surface area contributed by atoms with Crippen LogP contribution in [0.3, 0.4) is 0 Å². The summed E-state index contributed by atoms with van der Waals surface area (Å²) in [7, 11) is 0. The standard InChI is InChI=1S/C11H18N4O2/c1-2-4-14-5-3-9(6-14)7-15-8-10(11(16)17)12-13-15/h8-9H,2-7H2,1H3,(H,16,17). The first kappa shape index (κ1) is 12.0. The SMILES string of the molecule is CCCN1CCC(Cn2cc(C(=O)O)nn2)C1. The zero-order valence-electron chi connectivity index (χ0n) is 10.0. The van der Waals surface area contributed by atoms with Crippen molar-refractivity contribution < 1.29 is 9.90 Å². The topological polar surface area (TPSA) is 71.2 Å². The van der Waals surface area contributed by atoms with Crippen molar-refractivity contribution in [1.29, 1.82) is 0 Å². The molecule has 6 nitrogen and oxygen atoms in total. The third-order valence-electron chi connectivity index (χ3n) is 3.11. The lowest BCUT2D eigenvalue weighted by Gasteiger charge is -2.14.